The van der Waals surface area contributed by atoms with E-state index in [9.17, 15) is 4.79 Å². The SMILES string of the molecule is CCC1CCC(Nc2cc3ccccc3c(=O)[nH]2)C1C. The number of aromatic nitrogens is 1. The van der Waals surface area contributed by atoms with Crippen molar-refractivity contribution in [3.63, 3.8) is 0 Å². The zero-order valence-corrected chi connectivity index (χ0v) is 12.1. The molecule has 1 aromatic carbocycles. The minimum absolute atomic E-state index is 0.0108. The summed E-state index contributed by atoms with van der Waals surface area (Å²) in [7, 11) is 0. The summed E-state index contributed by atoms with van der Waals surface area (Å²) in [6.07, 6.45) is 3.72. The Morgan fingerprint density at radius 2 is 2.10 bits per heavy atom. The lowest BCUT2D eigenvalue weighted by Crippen LogP contribution is -2.26. The highest BCUT2D eigenvalue weighted by atomic mass is 16.1. The van der Waals surface area contributed by atoms with Crippen LogP contribution in [0.1, 0.15) is 33.1 Å². The van der Waals surface area contributed by atoms with Gasteiger partial charge in [-0.25, -0.2) is 0 Å². The molecule has 3 atom stereocenters. The Hall–Kier alpha value is -1.77. The van der Waals surface area contributed by atoms with Crippen LogP contribution in [0.4, 0.5) is 5.82 Å². The van der Waals surface area contributed by atoms with Crippen LogP contribution in [0.3, 0.4) is 0 Å². The molecular formula is C17H22N2O. The Morgan fingerprint density at radius 1 is 1.30 bits per heavy atom. The van der Waals surface area contributed by atoms with Gasteiger partial charge in [-0.3, -0.25) is 4.79 Å². The molecule has 0 amide bonds. The van der Waals surface area contributed by atoms with Gasteiger partial charge in [-0.1, -0.05) is 38.5 Å². The molecule has 3 nitrogen and oxygen atoms in total. The maximum Gasteiger partial charge on any atom is 0.257 e. The Balaban J connectivity index is 1.87. The van der Waals surface area contributed by atoms with Crippen molar-refractivity contribution in [2.24, 2.45) is 11.8 Å². The Labute approximate surface area is 119 Å². The summed E-state index contributed by atoms with van der Waals surface area (Å²) in [5, 5.41) is 5.28. The summed E-state index contributed by atoms with van der Waals surface area (Å²) < 4.78 is 0. The molecule has 0 spiro atoms. The van der Waals surface area contributed by atoms with Gasteiger partial charge in [-0.15, -0.1) is 0 Å². The Bertz CT molecular complexity index is 661. The Kier molecular flexibility index (Phi) is 3.51. The zero-order chi connectivity index (χ0) is 14.1. The standard InChI is InChI=1S/C17H22N2O/c1-3-12-8-9-15(11(12)2)18-16-10-13-6-4-5-7-14(13)17(20)19-16/h4-7,10-12,15H,3,8-9H2,1-2H3,(H2,18,19,20). The molecule has 1 fully saturated rings. The van der Waals surface area contributed by atoms with E-state index in [1.807, 2.05) is 30.3 Å². The average molecular weight is 270 g/mol. The fraction of sp³-hybridized carbons (Fsp3) is 0.471. The van der Waals surface area contributed by atoms with Crippen molar-refractivity contribution in [2.45, 2.75) is 39.2 Å². The van der Waals surface area contributed by atoms with Gasteiger partial charge in [0.05, 0.1) is 0 Å². The molecule has 0 saturated heterocycles. The van der Waals surface area contributed by atoms with Crippen LogP contribution in [0.25, 0.3) is 10.8 Å². The quantitative estimate of drug-likeness (QED) is 0.892. The number of hydrogen-bond acceptors (Lipinski definition) is 2. The fourth-order valence-electron chi connectivity index (χ4n) is 3.52. The van der Waals surface area contributed by atoms with Crippen LogP contribution in [-0.4, -0.2) is 11.0 Å². The highest BCUT2D eigenvalue weighted by molar-refractivity contribution is 5.83. The first kappa shape index (κ1) is 13.2. The van der Waals surface area contributed by atoms with Gasteiger partial charge in [0.25, 0.3) is 5.56 Å². The third-order valence-electron chi connectivity index (χ3n) is 4.85. The van der Waals surface area contributed by atoms with Gasteiger partial charge in [0.15, 0.2) is 0 Å². The first-order valence-corrected chi connectivity index (χ1v) is 7.57. The molecule has 106 valence electrons. The van der Waals surface area contributed by atoms with Gasteiger partial charge in [0.2, 0.25) is 0 Å². The number of hydrogen-bond donors (Lipinski definition) is 2. The van der Waals surface area contributed by atoms with Gasteiger partial charge in [0.1, 0.15) is 5.82 Å². The van der Waals surface area contributed by atoms with Gasteiger partial charge in [-0.05, 0) is 42.2 Å². The summed E-state index contributed by atoms with van der Waals surface area (Å²) in [6.45, 7) is 4.58. The lowest BCUT2D eigenvalue weighted by Gasteiger charge is -2.21. The van der Waals surface area contributed by atoms with Crippen LogP contribution in [0, 0.1) is 11.8 Å². The molecule has 1 saturated carbocycles. The van der Waals surface area contributed by atoms with Crippen molar-refractivity contribution in [1.29, 1.82) is 0 Å². The molecule has 0 aliphatic heterocycles. The number of fused-ring (bicyclic) bond motifs is 1. The zero-order valence-electron chi connectivity index (χ0n) is 12.1. The molecule has 2 N–H and O–H groups in total. The molecule has 0 radical (unpaired) electrons. The van der Waals surface area contributed by atoms with E-state index in [2.05, 4.69) is 24.1 Å². The van der Waals surface area contributed by atoms with E-state index in [1.165, 1.54) is 19.3 Å². The topological polar surface area (TPSA) is 44.9 Å². The molecule has 20 heavy (non-hydrogen) atoms. The predicted octanol–water partition coefficient (Wildman–Crippen LogP) is 3.76. The van der Waals surface area contributed by atoms with Crippen LogP contribution >= 0.6 is 0 Å². The van der Waals surface area contributed by atoms with E-state index in [0.29, 0.717) is 12.0 Å². The summed E-state index contributed by atoms with van der Waals surface area (Å²) in [5.74, 6) is 2.32. The second kappa shape index (κ2) is 5.31. The highest BCUT2D eigenvalue weighted by Gasteiger charge is 2.31. The third kappa shape index (κ3) is 2.33. The molecule has 1 aliphatic carbocycles. The van der Waals surface area contributed by atoms with Crippen molar-refractivity contribution < 1.29 is 0 Å². The molecule has 1 heterocycles. The number of anilines is 1. The van der Waals surface area contributed by atoms with Gasteiger partial charge in [-0.2, -0.15) is 0 Å². The van der Waals surface area contributed by atoms with E-state index < -0.39 is 0 Å². The summed E-state index contributed by atoms with van der Waals surface area (Å²) in [4.78, 5) is 15.0. The van der Waals surface area contributed by atoms with Crippen LogP contribution in [0.2, 0.25) is 0 Å². The van der Waals surface area contributed by atoms with Crippen LogP contribution in [0.5, 0.6) is 0 Å². The summed E-state index contributed by atoms with van der Waals surface area (Å²) >= 11 is 0. The highest BCUT2D eigenvalue weighted by Crippen LogP contribution is 2.35. The molecule has 2 aromatic rings. The maximum absolute atomic E-state index is 12.1. The monoisotopic (exact) mass is 270 g/mol. The molecule has 3 heteroatoms. The van der Waals surface area contributed by atoms with Crippen LogP contribution in [0.15, 0.2) is 35.1 Å². The number of nitrogens with one attached hydrogen (secondary N) is 2. The number of rotatable bonds is 3. The first-order chi connectivity index (χ1) is 9.69. The largest absolute Gasteiger partial charge is 0.369 e. The van der Waals surface area contributed by atoms with Crippen molar-refractivity contribution in [3.05, 3.63) is 40.7 Å². The van der Waals surface area contributed by atoms with Crippen LogP contribution in [-0.2, 0) is 0 Å². The van der Waals surface area contributed by atoms with E-state index in [1.54, 1.807) is 0 Å². The first-order valence-electron chi connectivity index (χ1n) is 7.57. The van der Waals surface area contributed by atoms with E-state index in [0.717, 1.165) is 22.5 Å². The fourth-order valence-corrected chi connectivity index (χ4v) is 3.52. The van der Waals surface area contributed by atoms with E-state index >= 15 is 0 Å². The molecule has 0 bridgehead atoms. The average Bonchev–Trinajstić information content (AvgIpc) is 2.80. The van der Waals surface area contributed by atoms with Crippen molar-refractivity contribution >= 4 is 16.6 Å². The minimum Gasteiger partial charge on any atom is -0.369 e. The maximum atomic E-state index is 12.1. The van der Waals surface area contributed by atoms with Crippen molar-refractivity contribution in [3.8, 4) is 0 Å². The van der Waals surface area contributed by atoms with E-state index in [-0.39, 0.29) is 5.56 Å². The molecule has 1 aromatic heterocycles. The molecule has 1 aliphatic rings. The number of H-pyrrole nitrogens is 1. The normalized spacial score (nSPS) is 26.0. The second-order valence-electron chi connectivity index (χ2n) is 5.96. The molecular weight excluding hydrogens is 248 g/mol. The third-order valence-corrected chi connectivity index (χ3v) is 4.85. The van der Waals surface area contributed by atoms with Gasteiger partial charge < -0.3 is 10.3 Å². The van der Waals surface area contributed by atoms with Crippen molar-refractivity contribution in [2.75, 3.05) is 5.32 Å². The smallest absolute Gasteiger partial charge is 0.257 e. The second-order valence-corrected chi connectivity index (χ2v) is 5.96. The molecule has 3 unspecified atom stereocenters. The summed E-state index contributed by atoms with van der Waals surface area (Å²) in [5.41, 5.74) is -0.0108. The summed E-state index contributed by atoms with van der Waals surface area (Å²) in [6, 6.07) is 10.2. The number of aromatic amines is 1. The predicted molar refractivity (Wildman–Crippen MR) is 84.2 cm³/mol. The number of pyridine rings is 1. The van der Waals surface area contributed by atoms with Gasteiger partial charge in [0, 0.05) is 11.4 Å². The molecule has 3 rings (SSSR count). The van der Waals surface area contributed by atoms with E-state index in [4.69, 9.17) is 0 Å². The lowest BCUT2D eigenvalue weighted by atomic mass is 9.93. The lowest BCUT2D eigenvalue weighted by molar-refractivity contribution is 0.391. The Morgan fingerprint density at radius 3 is 2.85 bits per heavy atom. The van der Waals surface area contributed by atoms with Gasteiger partial charge >= 0.3 is 0 Å². The van der Waals surface area contributed by atoms with Crippen LogP contribution < -0.4 is 10.9 Å². The minimum atomic E-state index is -0.0108. The number of benzene rings is 1. The van der Waals surface area contributed by atoms with Crippen molar-refractivity contribution in [1.82, 2.24) is 4.98 Å².